The lowest BCUT2D eigenvalue weighted by atomic mass is 10.3. The smallest absolute Gasteiger partial charge is 0.213 e. The molecule has 3 heteroatoms. The van der Waals surface area contributed by atoms with E-state index < -0.39 is 0 Å². The van der Waals surface area contributed by atoms with Gasteiger partial charge in [-0.2, -0.15) is 0 Å². The Morgan fingerprint density at radius 3 is 3.00 bits per heavy atom. The highest BCUT2D eigenvalue weighted by molar-refractivity contribution is 5.77. The standard InChI is InChI=1S/C9H8N2O/c1-12-9-3-2-7-6-10-5-4-8(7)11-9/h2-6H,1H3. The maximum atomic E-state index is 4.99. The van der Waals surface area contributed by atoms with Crippen LogP contribution in [0, 0.1) is 0 Å². The van der Waals surface area contributed by atoms with Gasteiger partial charge in [0.15, 0.2) is 0 Å². The second-order valence-corrected chi connectivity index (χ2v) is 2.42. The van der Waals surface area contributed by atoms with Gasteiger partial charge in [0, 0.05) is 23.8 Å². The largest absolute Gasteiger partial charge is 0.481 e. The lowest BCUT2D eigenvalue weighted by molar-refractivity contribution is 0.399. The van der Waals surface area contributed by atoms with Crippen LogP contribution in [0.5, 0.6) is 5.88 Å². The molecule has 0 N–H and O–H groups in total. The topological polar surface area (TPSA) is 35.0 Å². The van der Waals surface area contributed by atoms with Crippen LogP contribution in [-0.2, 0) is 0 Å². The second-order valence-electron chi connectivity index (χ2n) is 2.42. The summed E-state index contributed by atoms with van der Waals surface area (Å²) in [6, 6.07) is 5.62. The van der Waals surface area contributed by atoms with E-state index in [9.17, 15) is 0 Å². The van der Waals surface area contributed by atoms with E-state index in [1.54, 1.807) is 19.5 Å². The van der Waals surface area contributed by atoms with Gasteiger partial charge in [-0.1, -0.05) is 0 Å². The van der Waals surface area contributed by atoms with Crippen molar-refractivity contribution in [2.75, 3.05) is 7.11 Å². The number of methoxy groups -OCH3 is 1. The number of hydrogen-bond acceptors (Lipinski definition) is 3. The molecule has 2 rings (SSSR count). The van der Waals surface area contributed by atoms with Gasteiger partial charge >= 0.3 is 0 Å². The van der Waals surface area contributed by atoms with Gasteiger partial charge < -0.3 is 4.74 Å². The minimum atomic E-state index is 0.633. The summed E-state index contributed by atoms with van der Waals surface area (Å²) in [5.74, 6) is 0.633. The Morgan fingerprint density at radius 1 is 1.25 bits per heavy atom. The average molecular weight is 160 g/mol. The van der Waals surface area contributed by atoms with Crippen LogP contribution in [-0.4, -0.2) is 17.1 Å². The van der Waals surface area contributed by atoms with Crippen LogP contribution < -0.4 is 4.74 Å². The minimum absolute atomic E-state index is 0.633. The Morgan fingerprint density at radius 2 is 2.17 bits per heavy atom. The van der Waals surface area contributed by atoms with Crippen LogP contribution in [0.4, 0.5) is 0 Å². The van der Waals surface area contributed by atoms with Crippen LogP contribution in [0.15, 0.2) is 30.6 Å². The van der Waals surface area contributed by atoms with Crippen molar-refractivity contribution >= 4 is 10.9 Å². The molecule has 12 heavy (non-hydrogen) atoms. The first kappa shape index (κ1) is 7.03. The SMILES string of the molecule is COc1ccc2cnccc2n1. The quantitative estimate of drug-likeness (QED) is 0.636. The van der Waals surface area contributed by atoms with Crippen LogP contribution in [0.25, 0.3) is 10.9 Å². The Hall–Kier alpha value is -1.64. The van der Waals surface area contributed by atoms with Gasteiger partial charge in [-0.15, -0.1) is 0 Å². The van der Waals surface area contributed by atoms with Gasteiger partial charge in [0.25, 0.3) is 0 Å². The summed E-state index contributed by atoms with van der Waals surface area (Å²) in [6.45, 7) is 0. The molecule has 0 radical (unpaired) electrons. The third-order valence-corrected chi connectivity index (χ3v) is 1.67. The van der Waals surface area contributed by atoms with Crippen molar-refractivity contribution in [2.45, 2.75) is 0 Å². The maximum absolute atomic E-state index is 4.99. The Kier molecular flexibility index (Phi) is 1.63. The first-order valence-corrected chi connectivity index (χ1v) is 3.65. The van der Waals surface area contributed by atoms with E-state index in [2.05, 4.69) is 9.97 Å². The van der Waals surface area contributed by atoms with Crippen molar-refractivity contribution in [3.05, 3.63) is 30.6 Å². The van der Waals surface area contributed by atoms with Crippen molar-refractivity contribution in [2.24, 2.45) is 0 Å². The van der Waals surface area contributed by atoms with E-state index in [-0.39, 0.29) is 0 Å². The average Bonchev–Trinajstić information content (AvgIpc) is 2.17. The van der Waals surface area contributed by atoms with E-state index in [4.69, 9.17) is 4.74 Å². The number of fused-ring (bicyclic) bond motifs is 1. The lowest BCUT2D eigenvalue weighted by Crippen LogP contribution is -1.87. The third-order valence-electron chi connectivity index (χ3n) is 1.67. The molecule has 0 amide bonds. The normalized spacial score (nSPS) is 10.1. The van der Waals surface area contributed by atoms with Crippen LogP contribution in [0.2, 0.25) is 0 Å². The molecule has 0 aliphatic carbocycles. The molecule has 2 aromatic rings. The summed E-state index contributed by atoms with van der Waals surface area (Å²) in [5, 5.41) is 1.03. The highest BCUT2D eigenvalue weighted by Crippen LogP contribution is 2.13. The van der Waals surface area contributed by atoms with Crippen molar-refractivity contribution in [3.8, 4) is 5.88 Å². The summed E-state index contributed by atoms with van der Waals surface area (Å²) in [6.07, 6.45) is 3.50. The number of aromatic nitrogens is 2. The fourth-order valence-electron chi connectivity index (χ4n) is 1.06. The Labute approximate surface area is 70.0 Å². The first-order valence-electron chi connectivity index (χ1n) is 3.65. The minimum Gasteiger partial charge on any atom is -0.481 e. The molecule has 0 atom stereocenters. The predicted octanol–water partition coefficient (Wildman–Crippen LogP) is 1.64. The number of ether oxygens (including phenoxy) is 1. The zero-order chi connectivity index (χ0) is 8.39. The molecule has 0 saturated carbocycles. The van der Waals surface area contributed by atoms with E-state index in [0.717, 1.165) is 10.9 Å². The van der Waals surface area contributed by atoms with Gasteiger partial charge in [0.2, 0.25) is 5.88 Å². The second kappa shape index (κ2) is 2.77. The van der Waals surface area contributed by atoms with Gasteiger partial charge in [0.1, 0.15) is 0 Å². The molecule has 0 aromatic carbocycles. The van der Waals surface area contributed by atoms with Crippen molar-refractivity contribution in [1.29, 1.82) is 0 Å². The molecule has 0 unspecified atom stereocenters. The molecule has 0 bridgehead atoms. The van der Waals surface area contributed by atoms with Gasteiger partial charge in [-0.3, -0.25) is 4.98 Å². The zero-order valence-corrected chi connectivity index (χ0v) is 6.69. The Bertz CT molecular complexity index is 400. The molecule has 0 fully saturated rings. The number of nitrogens with zero attached hydrogens (tertiary/aromatic N) is 2. The van der Waals surface area contributed by atoms with Crippen molar-refractivity contribution in [1.82, 2.24) is 9.97 Å². The first-order chi connectivity index (χ1) is 5.90. The molecule has 3 nitrogen and oxygen atoms in total. The van der Waals surface area contributed by atoms with Crippen molar-refractivity contribution < 1.29 is 4.74 Å². The third kappa shape index (κ3) is 1.09. The summed E-state index contributed by atoms with van der Waals surface area (Å²) >= 11 is 0. The van der Waals surface area contributed by atoms with E-state index in [0.29, 0.717) is 5.88 Å². The van der Waals surface area contributed by atoms with Crippen LogP contribution in [0.3, 0.4) is 0 Å². The van der Waals surface area contributed by atoms with Gasteiger partial charge in [-0.25, -0.2) is 4.98 Å². The summed E-state index contributed by atoms with van der Waals surface area (Å²) in [7, 11) is 1.61. The summed E-state index contributed by atoms with van der Waals surface area (Å²) < 4.78 is 4.99. The Balaban J connectivity index is 2.67. The molecular weight excluding hydrogens is 152 g/mol. The molecule has 60 valence electrons. The fourth-order valence-corrected chi connectivity index (χ4v) is 1.06. The number of rotatable bonds is 1. The molecular formula is C9H8N2O. The number of pyridine rings is 2. The van der Waals surface area contributed by atoms with Crippen molar-refractivity contribution in [3.63, 3.8) is 0 Å². The molecule has 2 aromatic heterocycles. The highest BCUT2D eigenvalue weighted by Gasteiger charge is 1.95. The van der Waals surface area contributed by atoms with Gasteiger partial charge in [0.05, 0.1) is 12.6 Å². The van der Waals surface area contributed by atoms with E-state index >= 15 is 0 Å². The molecule has 2 heterocycles. The molecule has 0 aliphatic heterocycles. The molecule has 0 saturated heterocycles. The fraction of sp³-hybridized carbons (Fsp3) is 0.111. The van der Waals surface area contributed by atoms with E-state index in [1.807, 2.05) is 18.2 Å². The number of hydrogen-bond donors (Lipinski definition) is 0. The van der Waals surface area contributed by atoms with Gasteiger partial charge in [-0.05, 0) is 12.1 Å². The predicted molar refractivity (Wildman–Crippen MR) is 46.1 cm³/mol. The zero-order valence-electron chi connectivity index (χ0n) is 6.69. The highest BCUT2D eigenvalue weighted by atomic mass is 16.5. The summed E-state index contributed by atoms with van der Waals surface area (Å²) in [4.78, 5) is 8.22. The molecule has 0 aliphatic rings. The van der Waals surface area contributed by atoms with E-state index in [1.165, 1.54) is 0 Å². The monoisotopic (exact) mass is 160 g/mol. The maximum Gasteiger partial charge on any atom is 0.213 e. The molecule has 0 spiro atoms. The van der Waals surface area contributed by atoms with Crippen LogP contribution in [0.1, 0.15) is 0 Å². The summed E-state index contributed by atoms with van der Waals surface area (Å²) in [5.41, 5.74) is 0.907. The lowest BCUT2D eigenvalue weighted by Gasteiger charge is -1.99. The van der Waals surface area contributed by atoms with Crippen LogP contribution >= 0.6 is 0 Å².